The van der Waals surface area contributed by atoms with Crippen molar-refractivity contribution in [2.45, 2.75) is 25.7 Å². The molecule has 4 aromatic rings. The monoisotopic (exact) mass is 519 g/mol. The molecule has 0 spiro atoms. The standard InChI is InChI=1S/C27H29N5O4S/c33-26(34)19-6-3-11-30(15-19)17-36-27(35)20-7-4-12-31(16-20)25-10-9-24-28-14-21(32(24)29-25)23-13-18-5-1-2-8-22(18)37-23/h1-2,5,8-10,13-14,19-20H,3-4,6-7,11-12,15-17H2,(H,33,34). The maximum absolute atomic E-state index is 12.9. The predicted molar refractivity (Wildman–Crippen MR) is 142 cm³/mol. The van der Waals surface area contributed by atoms with Gasteiger partial charge in [-0.3, -0.25) is 14.5 Å². The van der Waals surface area contributed by atoms with Gasteiger partial charge in [0.25, 0.3) is 0 Å². The van der Waals surface area contributed by atoms with Gasteiger partial charge in [0, 0.05) is 30.9 Å². The Hall–Kier alpha value is -3.50. The Labute approximate surface area is 218 Å². The molecule has 0 saturated carbocycles. The van der Waals surface area contributed by atoms with Gasteiger partial charge in [-0.1, -0.05) is 18.2 Å². The van der Waals surface area contributed by atoms with Gasteiger partial charge in [-0.25, -0.2) is 9.50 Å². The van der Waals surface area contributed by atoms with Crippen LogP contribution >= 0.6 is 11.3 Å². The minimum atomic E-state index is -0.781. The molecule has 10 heteroatoms. The number of aromatic nitrogens is 3. The Morgan fingerprint density at radius 2 is 1.89 bits per heavy atom. The summed E-state index contributed by atoms with van der Waals surface area (Å²) in [5.74, 6) is -0.824. The highest BCUT2D eigenvalue weighted by molar-refractivity contribution is 7.22. The molecule has 2 aliphatic rings. The topological polar surface area (TPSA) is 100 Å². The minimum absolute atomic E-state index is 0.150. The van der Waals surface area contributed by atoms with Crippen molar-refractivity contribution >= 4 is 44.8 Å². The molecule has 0 amide bonds. The number of nitrogens with zero attached hydrogens (tertiary/aromatic N) is 5. The maximum atomic E-state index is 12.9. The first-order valence-electron chi connectivity index (χ1n) is 12.8. The van der Waals surface area contributed by atoms with Crippen LogP contribution in [0.3, 0.4) is 0 Å². The van der Waals surface area contributed by atoms with Crippen LogP contribution < -0.4 is 4.90 Å². The van der Waals surface area contributed by atoms with Crippen LogP contribution in [0.1, 0.15) is 25.7 Å². The van der Waals surface area contributed by atoms with E-state index in [1.54, 1.807) is 11.3 Å². The molecular weight excluding hydrogens is 490 g/mol. The van der Waals surface area contributed by atoms with Crippen LogP contribution in [0.2, 0.25) is 0 Å². The van der Waals surface area contributed by atoms with E-state index in [1.807, 2.05) is 39.9 Å². The van der Waals surface area contributed by atoms with Gasteiger partial charge in [-0.2, -0.15) is 0 Å². The second-order valence-electron chi connectivity index (χ2n) is 9.89. The van der Waals surface area contributed by atoms with Gasteiger partial charge in [-0.15, -0.1) is 16.4 Å². The first-order valence-corrected chi connectivity index (χ1v) is 13.6. The molecule has 2 unspecified atom stereocenters. The molecule has 3 aromatic heterocycles. The van der Waals surface area contributed by atoms with Crippen LogP contribution in [0.15, 0.2) is 48.7 Å². The van der Waals surface area contributed by atoms with Gasteiger partial charge in [0.1, 0.15) is 18.2 Å². The maximum Gasteiger partial charge on any atom is 0.312 e. The highest BCUT2D eigenvalue weighted by Crippen LogP contribution is 2.34. The zero-order valence-electron chi connectivity index (χ0n) is 20.5. The fourth-order valence-electron chi connectivity index (χ4n) is 5.33. The van der Waals surface area contributed by atoms with Gasteiger partial charge in [0.2, 0.25) is 0 Å². The average molecular weight is 520 g/mol. The van der Waals surface area contributed by atoms with E-state index in [0.717, 1.165) is 54.4 Å². The van der Waals surface area contributed by atoms with E-state index >= 15 is 0 Å². The number of rotatable bonds is 6. The molecule has 5 heterocycles. The number of carbonyl (C=O) groups excluding carboxylic acids is 1. The molecule has 0 radical (unpaired) electrons. The number of esters is 1. The lowest BCUT2D eigenvalue weighted by atomic mass is 9.98. The second-order valence-corrected chi connectivity index (χ2v) is 11.0. The van der Waals surface area contributed by atoms with E-state index in [2.05, 4.69) is 28.1 Å². The number of piperidine rings is 2. The van der Waals surface area contributed by atoms with Gasteiger partial charge < -0.3 is 14.7 Å². The zero-order valence-corrected chi connectivity index (χ0v) is 21.3. The number of hydrogen-bond donors (Lipinski definition) is 1. The normalized spacial score (nSPS) is 20.9. The van der Waals surface area contributed by atoms with E-state index in [1.165, 1.54) is 10.1 Å². The number of carboxylic acids is 1. The number of ether oxygens (including phenoxy) is 1. The molecule has 1 aromatic carbocycles. The van der Waals surface area contributed by atoms with Crippen molar-refractivity contribution in [3.63, 3.8) is 0 Å². The van der Waals surface area contributed by atoms with Crippen molar-refractivity contribution in [1.29, 1.82) is 0 Å². The highest BCUT2D eigenvalue weighted by atomic mass is 32.1. The lowest BCUT2D eigenvalue weighted by molar-refractivity contribution is -0.155. The first kappa shape index (κ1) is 23.9. The van der Waals surface area contributed by atoms with Gasteiger partial charge in [-0.05, 0) is 55.3 Å². The molecule has 9 nitrogen and oxygen atoms in total. The molecule has 0 aliphatic carbocycles. The summed E-state index contributed by atoms with van der Waals surface area (Å²) in [6.45, 7) is 2.70. The van der Waals surface area contributed by atoms with E-state index in [0.29, 0.717) is 19.5 Å². The van der Waals surface area contributed by atoms with E-state index in [-0.39, 0.29) is 24.5 Å². The quantitative estimate of drug-likeness (QED) is 0.380. The number of anilines is 1. The van der Waals surface area contributed by atoms with Crippen LogP contribution in [0.4, 0.5) is 5.82 Å². The Bertz CT molecular complexity index is 1420. The summed E-state index contributed by atoms with van der Waals surface area (Å²) in [6.07, 6.45) is 4.99. The van der Waals surface area contributed by atoms with Gasteiger partial charge in [0.15, 0.2) is 5.65 Å². The van der Waals surface area contributed by atoms with Gasteiger partial charge in [0.05, 0.1) is 22.9 Å². The molecular formula is C27H29N5O4S. The van der Waals surface area contributed by atoms with E-state index in [4.69, 9.17) is 9.84 Å². The van der Waals surface area contributed by atoms with Crippen LogP contribution in [0.5, 0.6) is 0 Å². The SMILES string of the molecule is O=C(O)C1CCCN(COC(=O)C2CCCN(c3ccc4ncc(-c5cc6ccccc6s5)n4n3)C2)C1. The average Bonchev–Trinajstić information content (AvgIpc) is 3.55. The third-order valence-electron chi connectivity index (χ3n) is 7.35. The number of likely N-dealkylation sites (tertiary alicyclic amines) is 1. The first-order chi connectivity index (χ1) is 18.0. The molecule has 2 atom stereocenters. The summed E-state index contributed by atoms with van der Waals surface area (Å²) < 4.78 is 8.74. The second kappa shape index (κ2) is 10.1. The number of thiophene rings is 1. The number of imidazole rings is 1. The van der Waals surface area contributed by atoms with Crippen molar-refractivity contribution in [1.82, 2.24) is 19.5 Å². The summed E-state index contributed by atoms with van der Waals surface area (Å²) >= 11 is 1.72. The molecule has 2 aliphatic heterocycles. The lowest BCUT2D eigenvalue weighted by Crippen LogP contribution is -2.43. The molecule has 37 heavy (non-hydrogen) atoms. The van der Waals surface area contributed by atoms with Crippen LogP contribution in [-0.4, -0.2) is 69.5 Å². The Morgan fingerprint density at radius 3 is 2.76 bits per heavy atom. The van der Waals surface area contributed by atoms with Crippen molar-refractivity contribution in [3.05, 3.63) is 48.7 Å². The van der Waals surface area contributed by atoms with E-state index in [9.17, 15) is 14.7 Å². The molecule has 192 valence electrons. The smallest absolute Gasteiger partial charge is 0.312 e. The fraction of sp³-hybridized carbons (Fsp3) is 0.407. The number of aliphatic carboxylic acids is 1. The molecule has 1 N–H and O–H groups in total. The minimum Gasteiger partial charge on any atom is -0.481 e. The third kappa shape index (κ3) is 4.91. The third-order valence-corrected chi connectivity index (χ3v) is 8.49. The van der Waals surface area contributed by atoms with Crippen molar-refractivity contribution in [2.75, 3.05) is 37.8 Å². The summed E-state index contributed by atoms with van der Waals surface area (Å²) in [5.41, 5.74) is 1.73. The van der Waals surface area contributed by atoms with Crippen molar-refractivity contribution in [3.8, 4) is 10.6 Å². The Balaban J connectivity index is 1.15. The van der Waals surface area contributed by atoms with Crippen molar-refractivity contribution in [2.24, 2.45) is 11.8 Å². The zero-order chi connectivity index (χ0) is 25.4. The lowest BCUT2D eigenvalue weighted by Gasteiger charge is -2.33. The number of hydrogen-bond acceptors (Lipinski definition) is 8. The number of carbonyl (C=O) groups is 2. The fourth-order valence-corrected chi connectivity index (χ4v) is 6.39. The highest BCUT2D eigenvalue weighted by Gasteiger charge is 2.30. The molecule has 2 saturated heterocycles. The summed E-state index contributed by atoms with van der Waals surface area (Å²) in [5, 5.41) is 15.4. The summed E-state index contributed by atoms with van der Waals surface area (Å²) in [4.78, 5) is 33.9. The van der Waals surface area contributed by atoms with Crippen molar-refractivity contribution < 1.29 is 19.4 Å². The van der Waals surface area contributed by atoms with Gasteiger partial charge >= 0.3 is 11.9 Å². The number of benzene rings is 1. The van der Waals surface area contributed by atoms with Crippen LogP contribution in [-0.2, 0) is 14.3 Å². The van der Waals surface area contributed by atoms with Crippen LogP contribution in [0, 0.1) is 11.8 Å². The molecule has 0 bridgehead atoms. The molecule has 6 rings (SSSR count). The number of fused-ring (bicyclic) bond motifs is 2. The summed E-state index contributed by atoms with van der Waals surface area (Å²) in [6, 6.07) is 14.4. The van der Waals surface area contributed by atoms with E-state index < -0.39 is 5.97 Å². The predicted octanol–water partition coefficient (Wildman–Crippen LogP) is 4.12. The number of carboxylic acid groups (broad SMARTS) is 1. The Morgan fingerprint density at radius 1 is 1.05 bits per heavy atom. The summed E-state index contributed by atoms with van der Waals surface area (Å²) in [7, 11) is 0. The molecule has 2 fully saturated rings. The Kier molecular flexibility index (Phi) is 6.52. The largest absolute Gasteiger partial charge is 0.481 e. The van der Waals surface area contributed by atoms with Crippen LogP contribution in [0.25, 0.3) is 26.3 Å².